The lowest BCUT2D eigenvalue weighted by atomic mass is 9.99. The largest absolute Gasteiger partial charge is 0.447 e. The molecule has 176 valence electrons. The summed E-state index contributed by atoms with van der Waals surface area (Å²) in [6.07, 6.45) is 6.94. The third-order valence-electron chi connectivity index (χ3n) is 6.91. The number of fused-ring (bicyclic) bond motifs is 3. The fourth-order valence-corrected chi connectivity index (χ4v) is 6.22. The van der Waals surface area contributed by atoms with Gasteiger partial charge in [-0.05, 0) is 81.0 Å². The van der Waals surface area contributed by atoms with Crippen molar-refractivity contribution >= 4 is 27.6 Å². The van der Waals surface area contributed by atoms with Crippen molar-refractivity contribution < 1.29 is 22.4 Å². The number of nitrogens with one attached hydrogen (secondary N) is 2. The van der Waals surface area contributed by atoms with E-state index in [-0.39, 0.29) is 17.5 Å². The first-order chi connectivity index (χ1) is 15.7. The molecule has 0 bridgehead atoms. The molecule has 8 nitrogen and oxygen atoms in total. The summed E-state index contributed by atoms with van der Waals surface area (Å²) >= 11 is 0. The lowest BCUT2D eigenvalue weighted by Gasteiger charge is -2.24. The minimum absolute atomic E-state index is 0.00311. The van der Waals surface area contributed by atoms with Crippen LogP contribution in [0.2, 0.25) is 0 Å². The molecule has 5 rings (SSSR count). The summed E-state index contributed by atoms with van der Waals surface area (Å²) in [5.74, 6) is 0.102. The molecule has 0 unspecified atom stereocenters. The number of furan rings is 1. The third kappa shape index (κ3) is 3.92. The van der Waals surface area contributed by atoms with E-state index in [4.69, 9.17) is 4.42 Å². The number of anilines is 1. The maximum Gasteiger partial charge on any atom is 0.333 e. The Hall–Kier alpha value is -2.81. The highest BCUT2D eigenvalue weighted by Gasteiger charge is 2.32. The van der Waals surface area contributed by atoms with E-state index in [0.717, 1.165) is 55.3 Å². The molecule has 1 aromatic heterocycles. The SMILES string of the molecule is CC(C)N1CCCc2oc(S(=O)(=O)NC(=O)Nc3c4c(cc5c3CCC5)CCC4)cc2C1=O. The summed E-state index contributed by atoms with van der Waals surface area (Å²) in [7, 11) is -4.27. The Morgan fingerprint density at radius 3 is 2.30 bits per heavy atom. The highest BCUT2D eigenvalue weighted by Crippen LogP contribution is 2.38. The van der Waals surface area contributed by atoms with Gasteiger partial charge in [-0.1, -0.05) is 6.07 Å². The predicted octanol–water partition coefficient (Wildman–Crippen LogP) is 3.56. The number of hydrogen-bond acceptors (Lipinski definition) is 5. The zero-order valence-corrected chi connectivity index (χ0v) is 19.8. The van der Waals surface area contributed by atoms with Crippen LogP contribution in [0.4, 0.5) is 10.5 Å². The van der Waals surface area contributed by atoms with Crippen molar-refractivity contribution in [2.75, 3.05) is 11.9 Å². The molecule has 0 saturated carbocycles. The van der Waals surface area contributed by atoms with Gasteiger partial charge in [0.1, 0.15) is 5.76 Å². The monoisotopic (exact) mass is 471 g/mol. The van der Waals surface area contributed by atoms with Gasteiger partial charge in [-0.15, -0.1) is 0 Å². The molecular formula is C24H29N3O5S. The number of rotatable bonds is 4. The van der Waals surface area contributed by atoms with Crippen molar-refractivity contribution in [3.8, 4) is 0 Å². The summed E-state index contributed by atoms with van der Waals surface area (Å²) in [5, 5.41) is 2.41. The van der Waals surface area contributed by atoms with E-state index in [9.17, 15) is 18.0 Å². The second-order valence-electron chi connectivity index (χ2n) is 9.39. The highest BCUT2D eigenvalue weighted by atomic mass is 32.2. The molecular weight excluding hydrogens is 442 g/mol. The van der Waals surface area contributed by atoms with E-state index >= 15 is 0 Å². The molecule has 1 aromatic carbocycles. The molecule has 2 N–H and O–H groups in total. The van der Waals surface area contributed by atoms with Gasteiger partial charge in [0, 0.05) is 30.8 Å². The average molecular weight is 472 g/mol. The number of carbonyl (C=O) groups is 2. The molecule has 0 radical (unpaired) electrons. The normalized spacial score (nSPS) is 17.5. The second-order valence-corrected chi connectivity index (χ2v) is 11.0. The summed E-state index contributed by atoms with van der Waals surface area (Å²) < 4.78 is 33.5. The van der Waals surface area contributed by atoms with E-state index in [0.29, 0.717) is 25.1 Å². The van der Waals surface area contributed by atoms with E-state index < -0.39 is 21.1 Å². The molecule has 33 heavy (non-hydrogen) atoms. The lowest BCUT2D eigenvalue weighted by molar-refractivity contribution is 0.0712. The fourth-order valence-electron chi connectivity index (χ4n) is 5.34. The van der Waals surface area contributed by atoms with E-state index in [1.807, 2.05) is 13.8 Å². The van der Waals surface area contributed by atoms with Crippen molar-refractivity contribution in [3.05, 3.63) is 45.7 Å². The fraction of sp³-hybridized carbons (Fsp3) is 0.500. The Bertz CT molecular complexity index is 1210. The maximum absolute atomic E-state index is 12.9. The van der Waals surface area contributed by atoms with Gasteiger partial charge < -0.3 is 14.6 Å². The van der Waals surface area contributed by atoms with Crippen molar-refractivity contribution in [2.24, 2.45) is 0 Å². The van der Waals surface area contributed by atoms with Crippen LogP contribution in [0.1, 0.15) is 71.5 Å². The van der Waals surface area contributed by atoms with Crippen LogP contribution in [-0.2, 0) is 42.1 Å². The zero-order valence-electron chi connectivity index (χ0n) is 19.0. The third-order valence-corrected chi connectivity index (χ3v) is 8.09. The van der Waals surface area contributed by atoms with Crippen molar-refractivity contribution in [3.63, 3.8) is 0 Å². The average Bonchev–Trinajstić information content (AvgIpc) is 3.47. The predicted molar refractivity (Wildman–Crippen MR) is 123 cm³/mol. The number of carbonyl (C=O) groups excluding carboxylic acids is 2. The Balaban J connectivity index is 1.38. The quantitative estimate of drug-likeness (QED) is 0.709. The highest BCUT2D eigenvalue weighted by molar-refractivity contribution is 7.89. The van der Waals surface area contributed by atoms with E-state index in [1.165, 1.54) is 17.2 Å². The summed E-state index contributed by atoms with van der Waals surface area (Å²) in [6, 6.07) is 2.67. The Morgan fingerprint density at radius 1 is 1.00 bits per heavy atom. The van der Waals surface area contributed by atoms with Crippen LogP contribution in [0.25, 0.3) is 0 Å². The Morgan fingerprint density at radius 2 is 1.67 bits per heavy atom. The summed E-state index contributed by atoms with van der Waals surface area (Å²) in [6.45, 7) is 4.43. The number of benzene rings is 1. The first-order valence-corrected chi connectivity index (χ1v) is 13.2. The van der Waals surface area contributed by atoms with Crippen LogP contribution >= 0.6 is 0 Å². The summed E-state index contributed by atoms with van der Waals surface area (Å²) in [5.41, 5.74) is 5.75. The Kier molecular flexibility index (Phi) is 5.47. The Labute approximate surface area is 193 Å². The standard InChI is InChI=1S/C24H29N3O5S/c1-14(2)27-11-5-10-20-19(23(27)28)13-21(32-20)33(30,31)26-24(29)25-22-17-8-3-6-15(17)12-16-7-4-9-18(16)22/h12-14H,3-11H2,1-2H3,(H2,25,26,29). The van der Waals surface area contributed by atoms with Gasteiger partial charge in [0.15, 0.2) is 0 Å². The lowest BCUT2D eigenvalue weighted by Crippen LogP contribution is -2.37. The van der Waals surface area contributed by atoms with Crippen LogP contribution in [-0.4, -0.2) is 37.8 Å². The van der Waals surface area contributed by atoms with E-state index in [1.54, 1.807) is 4.90 Å². The number of hydrogen-bond donors (Lipinski definition) is 2. The minimum Gasteiger partial charge on any atom is -0.447 e. The van der Waals surface area contributed by atoms with Crippen LogP contribution < -0.4 is 10.0 Å². The molecule has 2 aliphatic carbocycles. The van der Waals surface area contributed by atoms with Gasteiger partial charge in [-0.25, -0.2) is 9.52 Å². The van der Waals surface area contributed by atoms with Crippen molar-refractivity contribution in [1.82, 2.24) is 9.62 Å². The molecule has 9 heteroatoms. The number of nitrogens with zero attached hydrogens (tertiary/aromatic N) is 1. The first kappa shape index (κ1) is 22.0. The van der Waals surface area contributed by atoms with Crippen molar-refractivity contribution in [1.29, 1.82) is 0 Å². The maximum atomic E-state index is 12.9. The van der Waals surface area contributed by atoms with Crippen LogP contribution in [0, 0.1) is 0 Å². The van der Waals surface area contributed by atoms with Crippen molar-refractivity contribution in [2.45, 2.75) is 76.3 Å². The molecule has 0 fully saturated rings. The van der Waals surface area contributed by atoms with Gasteiger partial charge in [0.05, 0.1) is 5.56 Å². The topological polar surface area (TPSA) is 109 Å². The molecule has 3 aliphatic rings. The van der Waals surface area contributed by atoms with Gasteiger partial charge >= 0.3 is 6.03 Å². The molecule has 0 spiro atoms. The number of urea groups is 1. The zero-order chi connectivity index (χ0) is 23.3. The summed E-state index contributed by atoms with van der Waals surface area (Å²) in [4.78, 5) is 27.4. The van der Waals surface area contributed by atoms with Gasteiger partial charge in [0.25, 0.3) is 15.9 Å². The minimum atomic E-state index is -4.27. The molecule has 0 saturated heterocycles. The van der Waals surface area contributed by atoms with Gasteiger partial charge in [-0.2, -0.15) is 8.42 Å². The molecule has 1 aliphatic heterocycles. The first-order valence-electron chi connectivity index (χ1n) is 11.7. The van der Waals surface area contributed by atoms with Gasteiger partial charge in [0.2, 0.25) is 5.09 Å². The molecule has 0 atom stereocenters. The number of amides is 3. The smallest absolute Gasteiger partial charge is 0.333 e. The number of sulfonamides is 1. The number of aryl methyl sites for hydroxylation is 3. The molecule has 3 amide bonds. The molecule has 2 heterocycles. The van der Waals surface area contributed by atoms with Crippen LogP contribution in [0.3, 0.4) is 0 Å². The van der Waals surface area contributed by atoms with Gasteiger partial charge in [-0.3, -0.25) is 4.79 Å². The van der Waals surface area contributed by atoms with Crippen LogP contribution in [0.5, 0.6) is 0 Å². The second kappa shape index (κ2) is 8.20. The van der Waals surface area contributed by atoms with E-state index in [2.05, 4.69) is 16.1 Å². The molecule has 2 aromatic rings. The van der Waals surface area contributed by atoms with Crippen LogP contribution in [0.15, 0.2) is 21.6 Å².